The van der Waals surface area contributed by atoms with Gasteiger partial charge in [-0.2, -0.15) is 5.10 Å². The van der Waals surface area contributed by atoms with Crippen molar-refractivity contribution >= 4 is 17.8 Å². The summed E-state index contributed by atoms with van der Waals surface area (Å²) < 4.78 is 0. The summed E-state index contributed by atoms with van der Waals surface area (Å²) in [6, 6.07) is 0.114. The maximum Gasteiger partial charge on any atom is 0.232 e. The molecule has 0 aromatic heterocycles. The first-order valence-electron chi connectivity index (χ1n) is 5.68. The zero-order chi connectivity index (χ0) is 13.2. The Bertz CT molecular complexity index is 384. The van der Waals surface area contributed by atoms with E-state index >= 15 is 0 Å². The first-order valence-corrected chi connectivity index (χ1v) is 5.68. The van der Waals surface area contributed by atoms with Crippen LogP contribution in [0.4, 0.5) is 0 Å². The fourth-order valence-electron chi connectivity index (χ4n) is 1.38. The minimum absolute atomic E-state index is 0.114. The van der Waals surface area contributed by atoms with Crippen LogP contribution in [0.15, 0.2) is 22.4 Å². The number of hydrogen-bond donors (Lipinski definition) is 1. The highest BCUT2D eigenvalue weighted by atomic mass is 16.1. The molecule has 0 aliphatic carbocycles. The van der Waals surface area contributed by atoms with Crippen molar-refractivity contribution in [2.24, 2.45) is 27.7 Å². The molecule has 0 fully saturated rings. The molecule has 17 heavy (non-hydrogen) atoms. The number of amides is 1. The Kier molecular flexibility index (Phi) is 4.04. The fraction of sp³-hybridized carbons (Fsp3) is 0.583. The first kappa shape index (κ1) is 13.4. The van der Waals surface area contributed by atoms with Gasteiger partial charge in [0.05, 0.1) is 11.4 Å². The van der Waals surface area contributed by atoms with Crippen molar-refractivity contribution in [3.8, 4) is 0 Å². The molecule has 1 aliphatic heterocycles. The molecule has 1 rings (SSSR count). The van der Waals surface area contributed by atoms with E-state index < -0.39 is 11.8 Å². The number of nitrogens with two attached hydrogens (primary N) is 1. The van der Waals surface area contributed by atoms with E-state index in [9.17, 15) is 4.79 Å². The van der Waals surface area contributed by atoms with Gasteiger partial charge in [0.2, 0.25) is 5.91 Å². The van der Waals surface area contributed by atoms with Crippen molar-refractivity contribution in [3.63, 3.8) is 0 Å². The number of hydrogen-bond acceptors (Lipinski definition) is 4. The van der Waals surface area contributed by atoms with Crippen molar-refractivity contribution in [1.82, 2.24) is 5.01 Å². The summed E-state index contributed by atoms with van der Waals surface area (Å²) in [6.07, 6.45) is 1.52. The number of allylic oxidation sites excluding steroid dienone is 1. The predicted octanol–water partition coefficient (Wildman–Crippen LogP) is 1.02. The van der Waals surface area contributed by atoms with E-state index in [0.29, 0.717) is 17.3 Å². The quantitative estimate of drug-likeness (QED) is 0.794. The molecule has 0 radical (unpaired) electrons. The Hall–Kier alpha value is -1.65. The molecule has 1 amide bonds. The molecular weight excluding hydrogens is 216 g/mol. The van der Waals surface area contributed by atoms with Crippen molar-refractivity contribution in [2.75, 3.05) is 7.05 Å². The van der Waals surface area contributed by atoms with Crippen LogP contribution in [0.2, 0.25) is 0 Å². The molecule has 0 aromatic rings. The molecule has 0 saturated carbocycles. The van der Waals surface area contributed by atoms with Crippen LogP contribution < -0.4 is 5.73 Å². The van der Waals surface area contributed by atoms with Crippen molar-refractivity contribution < 1.29 is 4.79 Å². The van der Waals surface area contributed by atoms with Crippen molar-refractivity contribution in [3.05, 3.63) is 12.3 Å². The first-order chi connectivity index (χ1) is 7.84. The van der Waals surface area contributed by atoms with Crippen LogP contribution in [0.5, 0.6) is 0 Å². The number of nitrogens with zero attached hydrogens (tertiary/aromatic N) is 3. The number of primary amides is 1. The lowest BCUT2D eigenvalue weighted by Crippen LogP contribution is -2.39. The highest BCUT2D eigenvalue weighted by Gasteiger charge is 2.28. The summed E-state index contributed by atoms with van der Waals surface area (Å²) in [4.78, 5) is 15.9. The maximum atomic E-state index is 11.4. The number of aliphatic imine (C=N–C) groups is 1. The summed E-state index contributed by atoms with van der Waals surface area (Å²) in [5.41, 5.74) is 6.60. The van der Waals surface area contributed by atoms with Gasteiger partial charge in [-0.1, -0.05) is 20.4 Å². The smallest absolute Gasteiger partial charge is 0.232 e. The second-order valence-corrected chi connectivity index (χ2v) is 4.61. The van der Waals surface area contributed by atoms with Gasteiger partial charge in [0.25, 0.3) is 0 Å². The topological polar surface area (TPSA) is 71.0 Å². The molecule has 0 saturated heterocycles. The number of carbonyl (C=O) groups excluding carboxylic acids is 1. The second kappa shape index (κ2) is 5.12. The van der Waals surface area contributed by atoms with Gasteiger partial charge in [0.1, 0.15) is 5.92 Å². The Morgan fingerprint density at radius 3 is 2.65 bits per heavy atom. The minimum atomic E-state index is -0.570. The molecule has 5 heteroatoms. The molecule has 5 nitrogen and oxygen atoms in total. The summed E-state index contributed by atoms with van der Waals surface area (Å²) in [5, 5.41) is 5.65. The molecule has 1 heterocycles. The van der Waals surface area contributed by atoms with Gasteiger partial charge in [-0.3, -0.25) is 14.8 Å². The standard InChI is InChI=1S/C12H20N4O/c1-7(2)8(3)15-11-9(4)16(5)14-6-10(11)12(13)17/h6-8,10H,4H2,1-3,5H3,(H2,13,17). The summed E-state index contributed by atoms with van der Waals surface area (Å²) in [5.74, 6) is -0.620. The van der Waals surface area contributed by atoms with Crippen LogP contribution in [0.3, 0.4) is 0 Å². The highest BCUT2D eigenvalue weighted by Crippen LogP contribution is 2.18. The zero-order valence-corrected chi connectivity index (χ0v) is 10.8. The normalized spacial score (nSPS) is 24.5. The molecule has 94 valence electrons. The van der Waals surface area contributed by atoms with Gasteiger partial charge in [0, 0.05) is 19.3 Å². The molecule has 0 spiro atoms. The Labute approximate surface area is 102 Å². The van der Waals surface area contributed by atoms with Gasteiger partial charge < -0.3 is 5.73 Å². The maximum absolute atomic E-state index is 11.4. The van der Waals surface area contributed by atoms with E-state index in [2.05, 4.69) is 30.5 Å². The third kappa shape index (κ3) is 2.93. The van der Waals surface area contributed by atoms with Gasteiger partial charge in [-0.15, -0.1) is 0 Å². The summed E-state index contributed by atoms with van der Waals surface area (Å²) >= 11 is 0. The lowest BCUT2D eigenvalue weighted by molar-refractivity contribution is -0.118. The number of rotatable bonds is 3. The van der Waals surface area contributed by atoms with E-state index in [1.807, 2.05) is 6.92 Å². The average molecular weight is 236 g/mol. The third-order valence-corrected chi connectivity index (χ3v) is 2.98. The van der Waals surface area contributed by atoms with Gasteiger partial charge in [-0.05, 0) is 12.8 Å². The third-order valence-electron chi connectivity index (χ3n) is 2.98. The number of carbonyl (C=O) groups is 1. The van der Waals surface area contributed by atoms with Crippen molar-refractivity contribution in [2.45, 2.75) is 26.8 Å². The summed E-state index contributed by atoms with van der Waals surface area (Å²) in [6.45, 7) is 10.1. The van der Waals surface area contributed by atoms with E-state index in [1.165, 1.54) is 6.21 Å². The predicted molar refractivity (Wildman–Crippen MR) is 69.8 cm³/mol. The van der Waals surface area contributed by atoms with E-state index in [4.69, 9.17) is 5.73 Å². The largest absolute Gasteiger partial charge is 0.369 e. The van der Waals surface area contributed by atoms with E-state index in [0.717, 1.165) is 0 Å². The fourth-order valence-corrected chi connectivity index (χ4v) is 1.38. The zero-order valence-electron chi connectivity index (χ0n) is 10.8. The Morgan fingerprint density at radius 1 is 1.59 bits per heavy atom. The van der Waals surface area contributed by atoms with Gasteiger partial charge in [0.15, 0.2) is 0 Å². The van der Waals surface area contributed by atoms with Crippen LogP contribution in [0.1, 0.15) is 20.8 Å². The van der Waals surface area contributed by atoms with E-state index in [1.54, 1.807) is 12.1 Å². The van der Waals surface area contributed by atoms with E-state index in [-0.39, 0.29) is 6.04 Å². The molecular formula is C12H20N4O. The van der Waals surface area contributed by atoms with Crippen LogP contribution in [-0.2, 0) is 4.79 Å². The minimum Gasteiger partial charge on any atom is -0.369 e. The molecule has 2 N–H and O–H groups in total. The molecule has 0 bridgehead atoms. The average Bonchev–Trinajstić information content (AvgIpc) is 2.24. The second-order valence-electron chi connectivity index (χ2n) is 4.61. The van der Waals surface area contributed by atoms with Gasteiger partial charge in [-0.25, -0.2) is 0 Å². The SMILES string of the molecule is C=C1C(=NC(C)C(C)C)C(C(N)=O)C=NN1C. The summed E-state index contributed by atoms with van der Waals surface area (Å²) in [7, 11) is 1.77. The molecule has 1 aliphatic rings. The highest BCUT2D eigenvalue weighted by molar-refractivity contribution is 6.22. The van der Waals surface area contributed by atoms with Crippen LogP contribution in [0.25, 0.3) is 0 Å². The van der Waals surface area contributed by atoms with Crippen LogP contribution in [0, 0.1) is 11.8 Å². The van der Waals surface area contributed by atoms with Crippen molar-refractivity contribution in [1.29, 1.82) is 0 Å². The molecule has 2 atom stereocenters. The lowest BCUT2D eigenvalue weighted by Gasteiger charge is -2.27. The Morgan fingerprint density at radius 2 is 2.18 bits per heavy atom. The molecule has 2 unspecified atom stereocenters. The monoisotopic (exact) mass is 236 g/mol. The lowest BCUT2D eigenvalue weighted by atomic mass is 9.98. The number of hydrazone groups is 1. The molecule has 0 aromatic carbocycles. The van der Waals surface area contributed by atoms with Gasteiger partial charge >= 0.3 is 0 Å². The van der Waals surface area contributed by atoms with Crippen LogP contribution in [-0.4, -0.2) is 35.9 Å². The Balaban J connectivity index is 3.11. The van der Waals surface area contributed by atoms with Crippen LogP contribution >= 0.6 is 0 Å².